The van der Waals surface area contributed by atoms with Crippen molar-refractivity contribution in [2.24, 2.45) is 0 Å². The number of hydrogen-bond acceptors (Lipinski definition) is 5. The van der Waals surface area contributed by atoms with E-state index < -0.39 is 23.6 Å². The number of carbonyl (C=O) groups is 1. The molecule has 1 saturated carbocycles. The second-order valence-corrected chi connectivity index (χ2v) is 8.98. The van der Waals surface area contributed by atoms with Crippen LogP contribution in [0.4, 0.5) is 8.78 Å². The van der Waals surface area contributed by atoms with E-state index in [1.807, 2.05) is 6.07 Å². The Bertz CT molecular complexity index is 1570. The molecule has 1 aliphatic heterocycles. The first-order valence-corrected chi connectivity index (χ1v) is 11.2. The summed E-state index contributed by atoms with van der Waals surface area (Å²) in [7, 11) is 0. The van der Waals surface area contributed by atoms with E-state index in [2.05, 4.69) is 20.1 Å². The number of alkyl halides is 2. The second kappa shape index (κ2) is 7.97. The summed E-state index contributed by atoms with van der Waals surface area (Å²) in [6, 6.07) is 8.94. The standard InChI is InChI=1S/C24H20F2N6O3/c25-18-10-31(11-19(18)26)23(34)13-3-1-2-12(6-13)14-7-15(14)16-8-20(30-32-5-4-27-21(16)32)17-9-28-24(35)29-22(17)33/h1-6,8-9,14-15,18-19H,7,10-11H2,(H2,28,29,33,35)/t14-,15?,18-,19-/m1/s1. The number of benzene rings is 1. The van der Waals surface area contributed by atoms with Gasteiger partial charge in [-0.15, -0.1) is 0 Å². The lowest BCUT2D eigenvalue weighted by atomic mass is 10.0. The van der Waals surface area contributed by atoms with E-state index in [1.165, 1.54) is 11.1 Å². The molecule has 1 saturated heterocycles. The average Bonchev–Trinajstić information content (AvgIpc) is 3.37. The van der Waals surface area contributed by atoms with E-state index in [0.29, 0.717) is 16.9 Å². The van der Waals surface area contributed by atoms with Gasteiger partial charge in [0.1, 0.15) is 0 Å². The van der Waals surface area contributed by atoms with Crippen LogP contribution >= 0.6 is 0 Å². The Labute approximate surface area is 196 Å². The number of aromatic amines is 2. The number of nitrogens with one attached hydrogen (secondary N) is 2. The fraction of sp³-hybridized carbons (Fsp3) is 0.292. The van der Waals surface area contributed by atoms with Crippen molar-refractivity contribution in [2.75, 3.05) is 13.1 Å². The number of carbonyl (C=O) groups excluding carboxylic acids is 1. The number of H-pyrrole nitrogens is 2. The molecule has 1 aromatic carbocycles. The number of likely N-dealkylation sites (tertiary alicyclic amines) is 1. The molecule has 0 spiro atoms. The fourth-order valence-corrected chi connectivity index (χ4v) is 4.83. The molecular formula is C24H20F2N6O3. The lowest BCUT2D eigenvalue weighted by Crippen LogP contribution is -2.29. The van der Waals surface area contributed by atoms with Gasteiger partial charge in [-0.2, -0.15) is 5.10 Å². The molecule has 2 aliphatic rings. The molecule has 2 fully saturated rings. The molecule has 1 unspecified atom stereocenters. The summed E-state index contributed by atoms with van der Waals surface area (Å²) in [4.78, 5) is 46.8. The predicted molar refractivity (Wildman–Crippen MR) is 122 cm³/mol. The van der Waals surface area contributed by atoms with Crippen LogP contribution in [-0.4, -0.2) is 60.8 Å². The molecule has 178 valence electrons. The van der Waals surface area contributed by atoms with Gasteiger partial charge in [0.05, 0.1) is 24.3 Å². The zero-order valence-corrected chi connectivity index (χ0v) is 18.3. The molecule has 4 atom stereocenters. The highest BCUT2D eigenvalue weighted by Gasteiger charge is 2.42. The normalized spacial score (nSPS) is 23.7. The van der Waals surface area contributed by atoms with Gasteiger partial charge in [0.25, 0.3) is 11.5 Å². The van der Waals surface area contributed by atoms with Gasteiger partial charge in [0.15, 0.2) is 18.0 Å². The minimum Gasteiger partial charge on any atom is -0.333 e. The molecule has 9 nitrogen and oxygen atoms in total. The monoisotopic (exact) mass is 478 g/mol. The molecule has 4 heterocycles. The predicted octanol–water partition coefficient (Wildman–Crippen LogP) is 2.18. The molecule has 1 amide bonds. The zero-order valence-electron chi connectivity index (χ0n) is 18.3. The van der Waals surface area contributed by atoms with E-state index in [1.54, 1.807) is 41.2 Å². The number of amides is 1. The van der Waals surface area contributed by atoms with Gasteiger partial charge < -0.3 is 9.88 Å². The van der Waals surface area contributed by atoms with Crippen LogP contribution in [0.3, 0.4) is 0 Å². The third-order valence-corrected chi connectivity index (χ3v) is 6.70. The first kappa shape index (κ1) is 21.4. The Morgan fingerprint density at radius 1 is 1.09 bits per heavy atom. The largest absolute Gasteiger partial charge is 0.333 e. The summed E-state index contributed by atoms with van der Waals surface area (Å²) >= 11 is 0. The molecule has 11 heteroatoms. The lowest BCUT2D eigenvalue weighted by molar-refractivity contribution is 0.0778. The van der Waals surface area contributed by atoms with Crippen LogP contribution in [-0.2, 0) is 0 Å². The highest BCUT2D eigenvalue weighted by molar-refractivity contribution is 5.94. The van der Waals surface area contributed by atoms with Crippen molar-refractivity contribution in [3.63, 3.8) is 0 Å². The van der Waals surface area contributed by atoms with Crippen LogP contribution in [0.1, 0.15) is 39.7 Å². The molecule has 35 heavy (non-hydrogen) atoms. The Morgan fingerprint density at radius 3 is 2.66 bits per heavy atom. The lowest BCUT2D eigenvalue weighted by Gasteiger charge is -2.15. The minimum atomic E-state index is -1.65. The van der Waals surface area contributed by atoms with E-state index >= 15 is 0 Å². The highest BCUT2D eigenvalue weighted by atomic mass is 19.2. The number of fused-ring (bicyclic) bond motifs is 1. The molecule has 1 aliphatic carbocycles. The Morgan fingerprint density at radius 2 is 1.89 bits per heavy atom. The van der Waals surface area contributed by atoms with Crippen LogP contribution in [0, 0.1) is 0 Å². The Kier molecular flexibility index (Phi) is 4.87. The topological polar surface area (TPSA) is 116 Å². The van der Waals surface area contributed by atoms with Crippen molar-refractivity contribution in [2.45, 2.75) is 30.6 Å². The Hall–Kier alpha value is -4.15. The summed E-state index contributed by atoms with van der Waals surface area (Å²) in [5.41, 5.74) is 2.38. The van der Waals surface area contributed by atoms with E-state index in [4.69, 9.17) is 0 Å². The van der Waals surface area contributed by atoms with Crippen molar-refractivity contribution < 1.29 is 13.6 Å². The molecule has 0 radical (unpaired) electrons. The summed E-state index contributed by atoms with van der Waals surface area (Å²) in [6.45, 7) is -0.477. The van der Waals surface area contributed by atoms with Gasteiger partial charge in [0, 0.05) is 29.7 Å². The fourth-order valence-electron chi connectivity index (χ4n) is 4.83. The van der Waals surface area contributed by atoms with Crippen LogP contribution in [0.2, 0.25) is 0 Å². The van der Waals surface area contributed by atoms with Crippen molar-refractivity contribution in [1.82, 2.24) is 29.5 Å². The first-order chi connectivity index (χ1) is 16.9. The van der Waals surface area contributed by atoms with Gasteiger partial charge in [-0.25, -0.2) is 23.1 Å². The number of imidazole rings is 1. The molecular weight excluding hydrogens is 458 g/mol. The second-order valence-electron chi connectivity index (χ2n) is 8.98. The molecule has 3 aromatic heterocycles. The molecule has 4 aromatic rings. The maximum absolute atomic E-state index is 13.6. The Balaban J connectivity index is 1.31. The molecule has 2 N–H and O–H groups in total. The van der Waals surface area contributed by atoms with E-state index in [-0.39, 0.29) is 36.4 Å². The summed E-state index contributed by atoms with van der Waals surface area (Å²) < 4.78 is 28.8. The van der Waals surface area contributed by atoms with Gasteiger partial charge in [-0.3, -0.25) is 14.6 Å². The maximum atomic E-state index is 13.6. The number of rotatable bonds is 4. The van der Waals surface area contributed by atoms with Crippen LogP contribution in [0.15, 0.2) is 58.5 Å². The highest BCUT2D eigenvalue weighted by Crippen LogP contribution is 2.55. The summed E-state index contributed by atoms with van der Waals surface area (Å²) in [5, 5.41) is 4.46. The van der Waals surface area contributed by atoms with Gasteiger partial charge in [-0.05, 0) is 42.0 Å². The van der Waals surface area contributed by atoms with Crippen LogP contribution in [0.25, 0.3) is 16.9 Å². The number of halogens is 2. The van der Waals surface area contributed by atoms with Gasteiger partial charge >= 0.3 is 5.69 Å². The van der Waals surface area contributed by atoms with Crippen molar-refractivity contribution >= 4 is 11.6 Å². The smallest absolute Gasteiger partial charge is 0.325 e. The average molecular weight is 478 g/mol. The maximum Gasteiger partial charge on any atom is 0.325 e. The van der Waals surface area contributed by atoms with Crippen LogP contribution < -0.4 is 11.2 Å². The van der Waals surface area contributed by atoms with Crippen LogP contribution in [0.5, 0.6) is 0 Å². The van der Waals surface area contributed by atoms with Crippen molar-refractivity contribution in [3.8, 4) is 11.3 Å². The molecule has 0 bridgehead atoms. The van der Waals surface area contributed by atoms with E-state index in [0.717, 1.165) is 17.5 Å². The zero-order chi connectivity index (χ0) is 24.3. The third kappa shape index (κ3) is 3.72. The summed E-state index contributed by atoms with van der Waals surface area (Å²) in [6.07, 6.45) is 2.14. The quantitative estimate of drug-likeness (QED) is 0.467. The minimum absolute atomic E-state index is 0.0751. The number of aromatic nitrogens is 5. The first-order valence-electron chi connectivity index (χ1n) is 11.2. The SMILES string of the molecule is O=C(c1cccc([C@H]2CC2c2cc(-c3c[nH]c(=O)[nH]c3=O)nn3ccnc23)c1)N1C[C@@H](F)[C@H](F)C1. The van der Waals surface area contributed by atoms with Gasteiger partial charge in [0.2, 0.25) is 0 Å². The third-order valence-electron chi connectivity index (χ3n) is 6.70. The summed E-state index contributed by atoms with van der Waals surface area (Å²) in [5.74, 6) is -0.203. The van der Waals surface area contributed by atoms with Crippen molar-refractivity contribution in [1.29, 1.82) is 0 Å². The number of nitrogens with zero attached hydrogens (tertiary/aromatic N) is 4. The van der Waals surface area contributed by atoms with E-state index in [9.17, 15) is 23.2 Å². The van der Waals surface area contributed by atoms with Gasteiger partial charge in [-0.1, -0.05) is 12.1 Å². The van der Waals surface area contributed by atoms with Crippen molar-refractivity contribution in [3.05, 3.63) is 86.5 Å². The number of hydrogen-bond donors (Lipinski definition) is 2. The molecule has 6 rings (SSSR count).